The Hall–Kier alpha value is -2.83. The summed E-state index contributed by atoms with van der Waals surface area (Å²) in [6.07, 6.45) is 0.143. The minimum Gasteiger partial charge on any atom is -0.463 e. The predicted molar refractivity (Wildman–Crippen MR) is 111 cm³/mol. The average Bonchev–Trinajstić information content (AvgIpc) is 2.68. The van der Waals surface area contributed by atoms with Crippen LogP contribution in [0.25, 0.3) is 22.0 Å². The molecule has 0 aliphatic carbocycles. The van der Waals surface area contributed by atoms with Gasteiger partial charge in [-0.25, -0.2) is 4.79 Å². The molecule has 0 amide bonds. The first-order valence-electron chi connectivity index (χ1n) is 8.75. The first kappa shape index (κ1) is 20.9. The lowest BCUT2D eigenvalue weighted by Crippen LogP contribution is -2.20. The van der Waals surface area contributed by atoms with E-state index in [9.17, 15) is 14.4 Å². The van der Waals surface area contributed by atoms with Crippen molar-refractivity contribution in [3.63, 3.8) is 0 Å². The van der Waals surface area contributed by atoms with Crippen LogP contribution in [0, 0.1) is 0 Å². The van der Waals surface area contributed by atoms with Crippen molar-refractivity contribution >= 4 is 46.0 Å². The van der Waals surface area contributed by atoms with Crippen LogP contribution in [-0.2, 0) is 25.5 Å². The number of rotatable bonds is 6. The van der Waals surface area contributed by atoms with E-state index in [1.54, 1.807) is 30.3 Å². The molecule has 1 aromatic heterocycles. The van der Waals surface area contributed by atoms with Crippen molar-refractivity contribution in [1.29, 1.82) is 0 Å². The van der Waals surface area contributed by atoms with Crippen LogP contribution in [0.4, 0.5) is 0 Å². The van der Waals surface area contributed by atoms with E-state index in [0.717, 1.165) is 5.39 Å². The van der Waals surface area contributed by atoms with Crippen molar-refractivity contribution in [1.82, 2.24) is 4.98 Å². The molecule has 0 aliphatic heterocycles. The third-order valence-electron chi connectivity index (χ3n) is 4.23. The molecule has 0 saturated heterocycles. The Balaban J connectivity index is 2.00. The Morgan fingerprint density at radius 3 is 2.55 bits per heavy atom. The number of carbonyl (C=O) groups is 2. The Morgan fingerprint density at radius 2 is 1.83 bits per heavy atom. The van der Waals surface area contributed by atoms with Crippen LogP contribution in [-0.4, -0.2) is 30.1 Å². The molecule has 0 aliphatic rings. The molecule has 0 fully saturated rings. The molecular weight excluding hydrogens is 417 g/mol. The van der Waals surface area contributed by atoms with E-state index in [4.69, 9.17) is 27.9 Å². The summed E-state index contributed by atoms with van der Waals surface area (Å²) in [5, 5.41) is 1.72. The van der Waals surface area contributed by atoms with E-state index < -0.39 is 18.5 Å². The summed E-state index contributed by atoms with van der Waals surface area (Å²) in [7, 11) is 0. The molecular formula is C21H17Cl2NO5. The number of nitrogens with one attached hydrogen (secondary N) is 1. The van der Waals surface area contributed by atoms with Gasteiger partial charge in [0.1, 0.15) is 0 Å². The minimum atomic E-state index is -0.695. The maximum atomic E-state index is 12.8. The predicted octanol–water partition coefficient (Wildman–Crippen LogP) is 4.15. The largest absolute Gasteiger partial charge is 0.463 e. The van der Waals surface area contributed by atoms with Gasteiger partial charge in [0.05, 0.1) is 6.61 Å². The van der Waals surface area contributed by atoms with Gasteiger partial charge in [-0.1, -0.05) is 41.4 Å². The van der Waals surface area contributed by atoms with Crippen molar-refractivity contribution in [2.45, 2.75) is 13.3 Å². The number of pyridine rings is 1. The summed E-state index contributed by atoms with van der Waals surface area (Å²) >= 11 is 12.6. The van der Waals surface area contributed by atoms with Gasteiger partial charge in [-0.15, -0.1) is 0 Å². The second-order valence-corrected chi connectivity index (χ2v) is 7.07. The number of hydrogen-bond acceptors (Lipinski definition) is 5. The Bertz CT molecular complexity index is 1140. The third-order valence-corrected chi connectivity index (χ3v) is 4.79. The fourth-order valence-corrected chi connectivity index (χ4v) is 3.39. The lowest BCUT2D eigenvalue weighted by molar-refractivity contribution is -0.157. The van der Waals surface area contributed by atoms with Crippen molar-refractivity contribution in [3.8, 4) is 11.1 Å². The highest BCUT2D eigenvalue weighted by Crippen LogP contribution is 2.35. The van der Waals surface area contributed by atoms with Crippen molar-refractivity contribution in [2.24, 2.45) is 0 Å². The number of ether oxygens (including phenoxy) is 2. The first-order valence-corrected chi connectivity index (χ1v) is 9.50. The first-order chi connectivity index (χ1) is 13.9. The fourth-order valence-electron chi connectivity index (χ4n) is 2.99. The number of H-pyrrole nitrogens is 1. The summed E-state index contributed by atoms with van der Waals surface area (Å²) in [5.74, 6) is -1.27. The van der Waals surface area contributed by atoms with Crippen LogP contribution < -0.4 is 5.56 Å². The number of benzene rings is 2. The molecule has 0 spiro atoms. The van der Waals surface area contributed by atoms with Gasteiger partial charge in [0.15, 0.2) is 6.61 Å². The van der Waals surface area contributed by atoms with E-state index in [-0.39, 0.29) is 18.6 Å². The van der Waals surface area contributed by atoms with Gasteiger partial charge < -0.3 is 14.5 Å². The van der Waals surface area contributed by atoms with Crippen LogP contribution in [0.2, 0.25) is 10.0 Å². The van der Waals surface area contributed by atoms with E-state index in [2.05, 4.69) is 9.72 Å². The SMILES string of the molecule is CC(=O)OCC(=O)OCCc1c(-c2ccccc2Cl)c2cc(Cl)ccc2[nH]c1=O. The van der Waals surface area contributed by atoms with Crippen LogP contribution in [0.5, 0.6) is 0 Å². The molecule has 150 valence electrons. The van der Waals surface area contributed by atoms with Crippen LogP contribution >= 0.6 is 23.2 Å². The minimum absolute atomic E-state index is 0.0628. The Morgan fingerprint density at radius 1 is 1.07 bits per heavy atom. The molecule has 2 aromatic carbocycles. The quantitative estimate of drug-likeness (QED) is 0.590. The number of aromatic nitrogens is 1. The molecule has 1 N–H and O–H groups in total. The summed E-state index contributed by atoms with van der Waals surface area (Å²) in [5.41, 5.74) is 2.02. The van der Waals surface area contributed by atoms with Crippen molar-refractivity contribution in [3.05, 3.63) is 68.4 Å². The number of hydrogen-bond donors (Lipinski definition) is 1. The van der Waals surface area contributed by atoms with E-state index in [0.29, 0.717) is 32.3 Å². The summed E-state index contributed by atoms with van der Waals surface area (Å²) in [6, 6.07) is 12.3. The molecule has 3 aromatic rings. The maximum Gasteiger partial charge on any atom is 0.344 e. The zero-order valence-corrected chi connectivity index (χ0v) is 17.0. The topological polar surface area (TPSA) is 85.5 Å². The summed E-state index contributed by atoms with van der Waals surface area (Å²) in [6.45, 7) is 0.659. The maximum absolute atomic E-state index is 12.8. The molecule has 0 unspecified atom stereocenters. The van der Waals surface area contributed by atoms with Crippen molar-refractivity contribution in [2.75, 3.05) is 13.2 Å². The lowest BCUT2D eigenvalue weighted by atomic mass is 9.94. The highest BCUT2D eigenvalue weighted by molar-refractivity contribution is 6.34. The smallest absolute Gasteiger partial charge is 0.344 e. The van der Waals surface area contributed by atoms with Gasteiger partial charge in [0.25, 0.3) is 5.56 Å². The zero-order valence-electron chi connectivity index (χ0n) is 15.5. The van der Waals surface area contributed by atoms with Crippen LogP contribution in [0.3, 0.4) is 0 Å². The van der Waals surface area contributed by atoms with E-state index in [1.165, 1.54) is 6.92 Å². The second-order valence-electron chi connectivity index (χ2n) is 6.23. The number of fused-ring (bicyclic) bond motifs is 1. The molecule has 3 rings (SSSR count). The zero-order chi connectivity index (χ0) is 21.0. The second kappa shape index (κ2) is 9.11. The van der Waals surface area contributed by atoms with Crippen molar-refractivity contribution < 1.29 is 19.1 Å². The average molecular weight is 434 g/mol. The molecule has 8 heteroatoms. The lowest BCUT2D eigenvalue weighted by Gasteiger charge is -2.14. The van der Waals surface area contributed by atoms with E-state index in [1.807, 2.05) is 12.1 Å². The molecule has 6 nitrogen and oxygen atoms in total. The van der Waals surface area contributed by atoms with Crippen LogP contribution in [0.15, 0.2) is 47.3 Å². The standard InChI is InChI=1S/C21H17Cl2NO5/c1-12(25)29-11-19(26)28-9-8-15-20(14-4-2-3-5-17(14)23)16-10-13(22)6-7-18(16)24-21(15)27/h2-7,10H,8-9,11H2,1H3,(H,24,27). The summed E-state index contributed by atoms with van der Waals surface area (Å²) < 4.78 is 9.68. The molecule has 0 saturated carbocycles. The van der Waals surface area contributed by atoms with Gasteiger partial charge in [0.2, 0.25) is 0 Å². The number of carbonyl (C=O) groups excluding carboxylic acids is 2. The fraction of sp³-hybridized carbons (Fsp3) is 0.190. The summed E-state index contributed by atoms with van der Waals surface area (Å²) in [4.78, 5) is 38.0. The van der Waals surface area contributed by atoms with Crippen LogP contribution in [0.1, 0.15) is 12.5 Å². The molecule has 29 heavy (non-hydrogen) atoms. The van der Waals surface area contributed by atoms with Gasteiger partial charge in [-0.2, -0.15) is 0 Å². The Labute approximate surface area is 176 Å². The van der Waals surface area contributed by atoms with Gasteiger partial charge in [0, 0.05) is 51.0 Å². The molecule has 0 bridgehead atoms. The van der Waals surface area contributed by atoms with Gasteiger partial charge >= 0.3 is 11.9 Å². The van der Waals surface area contributed by atoms with Gasteiger partial charge in [-0.3, -0.25) is 9.59 Å². The molecule has 1 heterocycles. The number of aromatic amines is 1. The van der Waals surface area contributed by atoms with Gasteiger partial charge in [-0.05, 0) is 24.3 Å². The number of halogens is 2. The highest BCUT2D eigenvalue weighted by atomic mass is 35.5. The normalized spacial score (nSPS) is 10.7. The molecule has 0 radical (unpaired) electrons. The molecule has 0 atom stereocenters. The number of esters is 2. The highest BCUT2D eigenvalue weighted by Gasteiger charge is 2.17. The monoisotopic (exact) mass is 433 g/mol. The third kappa shape index (κ3) is 4.96. The Kier molecular flexibility index (Phi) is 6.56. The van der Waals surface area contributed by atoms with E-state index >= 15 is 0 Å².